The molecule has 0 spiro atoms. The fraction of sp³-hybridized carbons (Fsp3) is 0.263. The summed E-state index contributed by atoms with van der Waals surface area (Å²) in [6.45, 7) is -0.267. The van der Waals surface area contributed by atoms with Gasteiger partial charge in [-0.25, -0.2) is 0 Å². The van der Waals surface area contributed by atoms with E-state index in [0.717, 1.165) is 43.5 Å². The molecule has 7 heteroatoms. The number of rotatable bonds is 4. The van der Waals surface area contributed by atoms with Crippen molar-refractivity contribution < 1.29 is 22.8 Å². The SMILES string of the molecule is O=C(CNC(=O)c1ccc(C(F)(F)F)cc1)Nc1ccc2c(c1)CCC2. The van der Waals surface area contributed by atoms with Crippen LogP contribution < -0.4 is 10.6 Å². The maximum atomic E-state index is 12.5. The number of benzene rings is 2. The number of hydrogen-bond acceptors (Lipinski definition) is 2. The molecular weight excluding hydrogens is 345 g/mol. The van der Waals surface area contributed by atoms with Gasteiger partial charge >= 0.3 is 6.18 Å². The molecule has 0 atom stereocenters. The Hall–Kier alpha value is -2.83. The van der Waals surface area contributed by atoms with E-state index >= 15 is 0 Å². The van der Waals surface area contributed by atoms with Crippen molar-refractivity contribution >= 4 is 17.5 Å². The van der Waals surface area contributed by atoms with Gasteiger partial charge in [-0.2, -0.15) is 13.2 Å². The number of hydrogen-bond donors (Lipinski definition) is 2. The first-order valence-corrected chi connectivity index (χ1v) is 8.20. The zero-order valence-corrected chi connectivity index (χ0v) is 13.8. The molecule has 0 saturated heterocycles. The van der Waals surface area contributed by atoms with Crippen LogP contribution in [0.3, 0.4) is 0 Å². The molecule has 0 unspecified atom stereocenters. The predicted octanol–water partition coefficient (Wildman–Crippen LogP) is 3.56. The van der Waals surface area contributed by atoms with Crippen molar-refractivity contribution in [3.8, 4) is 0 Å². The van der Waals surface area contributed by atoms with Crippen molar-refractivity contribution in [3.63, 3.8) is 0 Å². The van der Waals surface area contributed by atoms with Gasteiger partial charge in [-0.3, -0.25) is 9.59 Å². The van der Waals surface area contributed by atoms with E-state index in [-0.39, 0.29) is 12.1 Å². The molecule has 0 heterocycles. The van der Waals surface area contributed by atoms with Crippen LogP contribution >= 0.6 is 0 Å². The second-order valence-electron chi connectivity index (χ2n) is 6.14. The Kier molecular flexibility index (Phi) is 4.97. The average Bonchev–Trinajstić information content (AvgIpc) is 3.07. The number of halogens is 3. The summed E-state index contributed by atoms with van der Waals surface area (Å²) in [5, 5.41) is 5.10. The van der Waals surface area contributed by atoms with Crippen LogP contribution in [0.25, 0.3) is 0 Å². The quantitative estimate of drug-likeness (QED) is 0.874. The lowest BCUT2D eigenvalue weighted by molar-refractivity contribution is -0.137. The summed E-state index contributed by atoms with van der Waals surface area (Å²) in [5.41, 5.74) is 2.40. The normalized spacial score (nSPS) is 13.2. The minimum absolute atomic E-state index is 0.0586. The Morgan fingerprint density at radius 3 is 2.35 bits per heavy atom. The van der Waals surface area contributed by atoms with Gasteiger partial charge in [0.15, 0.2) is 0 Å². The number of carbonyl (C=O) groups is 2. The van der Waals surface area contributed by atoms with Gasteiger partial charge in [0, 0.05) is 11.3 Å². The van der Waals surface area contributed by atoms with Gasteiger partial charge in [0.25, 0.3) is 5.91 Å². The molecule has 136 valence electrons. The molecule has 0 saturated carbocycles. The Morgan fingerprint density at radius 1 is 0.962 bits per heavy atom. The van der Waals surface area contributed by atoms with Gasteiger partial charge in [0.1, 0.15) is 0 Å². The average molecular weight is 362 g/mol. The van der Waals surface area contributed by atoms with E-state index in [2.05, 4.69) is 10.6 Å². The summed E-state index contributed by atoms with van der Waals surface area (Å²) < 4.78 is 37.5. The zero-order chi connectivity index (χ0) is 18.7. The second kappa shape index (κ2) is 7.19. The molecule has 0 bridgehead atoms. The largest absolute Gasteiger partial charge is 0.416 e. The summed E-state index contributed by atoms with van der Waals surface area (Å²) in [7, 11) is 0. The van der Waals surface area contributed by atoms with Crippen molar-refractivity contribution in [2.75, 3.05) is 11.9 Å². The Balaban J connectivity index is 1.53. The van der Waals surface area contributed by atoms with Crippen LogP contribution in [0.1, 0.15) is 33.5 Å². The van der Waals surface area contributed by atoms with Crippen LogP contribution in [0.15, 0.2) is 42.5 Å². The third-order valence-electron chi connectivity index (χ3n) is 4.27. The van der Waals surface area contributed by atoms with Crippen molar-refractivity contribution in [3.05, 3.63) is 64.7 Å². The highest BCUT2D eigenvalue weighted by molar-refractivity contribution is 5.99. The highest BCUT2D eigenvalue weighted by atomic mass is 19.4. The molecule has 1 aliphatic rings. The number of aryl methyl sites for hydroxylation is 2. The topological polar surface area (TPSA) is 58.2 Å². The highest BCUT2D eigenvalue weighted by Gasteiger charge is 2.30. The molecule has 2 N–H and O–H groups in total. The van der Waals surface area contributed by atoms with Gasteiger partial charge in [-0.05, 0) is 66.8 Å². The number of fused-ring (bicyclic) bond motifs is 1. The van der Waals surface area contributed by atoms with E-state index in [1.54, 1.807) is 0 Å². The first-order chi connectivity index (χ1) is 12.3. The third-order valence-corrected chi connectivity index (χ3v) is 4.27. The molecule has 2 aromatic carbocycles. The molecule has 2 aromatic rings. The van der Waals surface area contributed by atoms with E-state index in [1.165, 1.54) is 11.1 Å². The number of carbonyl (C=O) groups excluding carboxylic acids is 2. The summed E-state index contributed by atoms with van der Waals surface area (Å²) >= 11 is 0. The molecule has 0 aromatic heterocycles. The molecule has 0 radical (unpaired) electrons. The summed E-state index contributed by atoms with van der Waals surface area (Å²) in [5.74, 6) is -1.01. The van der Waals surface area contributed by atoms with E-state index in [9.17, 15) is 22.8 Å². The van der Waals surface area contributed by atoms with Crippen LogP contribution in [0.5, 0.6) is 0 Å². The fourth-order valence-corrected chi connectivity index (χ4v) is 2.93. The first-order valence-electron chi connectivity index (χ1n) is 8.20. The molecule has 1 aliphatic carbocycles. The van der Waals surface area contributed by atoms with Crippen LogP contribution in [-0.4, -0.2) is 18.4 Å². The summed E-state index contributed by atoms with van der Waals surface area (Å²) in [6.07, 6.45) is -1.31. The maximum absolute atomic E-state index is 12.5. The smallest absolute Gasteiger partial charge is 0.343 e. The number of anilines is 1. The molecule has 3 rings (SSSR count). The second-order valence-corrected chi connectivity index (χ2v) is 6.14. The fourth-order valence-electron chi connectivity index (χ4n) is 2.93. The van der Waals surface area contributed by atoms with Gasteiger partial charge in [-0.1, -0.05) is 6.07 Å². The summed E-state index contributed by atoms with van der Waals surface area (Å²) in [6, 6.07) is 9.56. The zero-order valence-electron chi connectivity index (χ0n) is 13.8. The molecule has 2 amide bonds. The van der Waals surface area contributed by atoms with Crippen molar-refractivity contribution in [2.45, 2.75) is 25.4 Å². The Labute approximate surface area is 148 Å². The summed E-state index contributed by atoms with van der Waals surface area (Å²) in [4.78, 5) is 23.9. The van der Waals surface area contributed by atoms with Gasteiger partial charge < -0.3 is 10.6 Å². The van der Waals surface area contributed by atoms with E-state index in [4.69, 9.17) is 0 Å². The lowest BCUT2D eigenvalue weighted by atomic mass is 10.1. The lowest BCUT2D eigenvalue weighted by Gasteiger charge is -2.10. The molecule has 26 heavy (non-hydrogen) atoms. The van der Waals surface area contributed by atoms with E-state index in [0.29, 0.717) is 5.69 Å². The van der Waals surface area contributed by atoms with Gasteiger partial charge in [0.05, 0.1) is 12.1 Å². The van der Waals surface area contributed by atoms with Crippen molar-refractivity contribution in [1.29, 1.82) is 0 Å². The number of amides is 2. The van der Waals surface area contributed by atoms with Crippen molar-refractivity contribution in [2.24, 2.45) is 0 Å². The monoisotopic (exact) mass is 362 g/mol. The van der Waals surface area contributed by atoms with Gasteiger partial charge in [-0.15, -0.1) is 0 Å². The Bertz CT molecular complexity index is 830. The molecular formula is C19H17F3N2O2. The standard InChI is InChI=1S/C19H17F3N2O2/c20-19(21,22)15-7-4-13(5-8-15)18(26)23-11-17(25)24-16-9-6-12-2-1-3-14(12)10-16/h4-10H,1-3,11H2,(H,23,26)(H,24,25). The third kappa shape index (κ3) is 4.22. The van der Waals surface area contributed by atoms with E-state index < -0.39 is 23.6 Å². The van der Waals surface area contributed by atoms with Crippen molar-refractivity contribution in [1.82, 2.24) is 5.32 Å². The lowest BCUT2D eigenvalue weighted by Crippen LogP contribution is -2.32. The number of nitrogens with one attached hydrogen (secondary N) is 2. The van der Waals surface area contributed by atoms with Crippen LogP contribution in [0, 0.1) is 0 Å². The Morgan fingerprint density at radius 2 is 1.65 bits per heavy atom. The minimum atomic E-state index is -4.45. The first kappa shape index (κ1) is 18.0. The molecule has 0 aliphatic heterocycles. The van der Waals surface area contributed by atoms with Crippen LogP contribution in [0.4, 0.5) is 18.9 Å². The van der Waals surface area contributed by atoms with Crippen LogP contribution in [0.2, 0.25) is 0 Å². The van der Waals surface area contributed by atoms with E-state index in [1.807, 2.05) is 18.2 Å². The highest BCUT2D eigenvalue weighted by Crippen LogP contribution is 2.29. The number of alkyl halides is 3. The van der Waals surface area contributed by atoms with Gasteiger partial charge in [0.2, 0.25) is 5.91 Å². The molecule has 4 nitrogen and oxygen atoms in total. The maximum Gasteiger partial charge on any atom is 0.416 e. The predicted molar refractivity (Wildman–Crippen MR) is 90.9 cm³/mol. The minimum Gasteiger partial charge on any atom is -0.343 e. The molecule has 0 fully saturated rings. The van der Waals surface area contributed by atoms with Crippen LogP contribution in [-0.2, 0) is 23.8 Å².